The lowest BCUT2D eigenvalue weighted by Crippen LogP contribution is -2.31. The van der Waals surface area contributed by atoms with Gasteiger partial charge < -0.3 is 15.2 Å². The zero-order valence-corrected chi connectivity index (χ0v) is 12.6. The molecule has 0 saturated carbocycles. The number of anilines is 1. The Morgan fingerprint density at radius 1 is 1.40 bits per heavy atom. The maximum atomic E-state index is 5.90. The third kappa shape index (κ3) is 2.56. The monoisotopic (exact) mass is 293 g/mol. The van der Waals surface area contributed by atoms with Crippen molar-refractivity contribution in [3.05, 3.63) is 17.3 Å². The summed E-state index contributed by atoms with van der Waals surface area (Å²) >= 11 is 1.52. The molecule has 2 aromatic heterocycles. The maximum absolute atomic E-state index is 5.90. The van der Waals surface area contributed by atoms with E-state index in [4.69, 9.17) is 10.3 Å². The highest BCUT2D eigenvalue weighted by Gasteiger charge is 2.27. The minimum absolute atomic E-state index is 0.168. The predicted molar refractivity (Wildman–Crippen MR) is 79.5 cm³/mol. The minimum Gasteiger partial charge on any atom is -0.397 e. The van der Waals surface area contributed by atoms with E-state index >= 15 is 0 Å². The van der Waals surface area contributed by atoms with E-state index in [-0.39, 0.29) is 6.04 Å². The standard InChI is InChI=1S/C13H19N5OS/c1-17-5-3-6-18(2)10(8-17)12-15-13(19-16-12)11-9(14)4-7-20-11/h4,7,10H,3,5-6,8,14H2,1-2H3. The number of thiophene rings is 1. The van der Waals surface area contributed by atoms with E-state index in [9.17, 15) is 0 Å². The summed E-state index contributed by atoms with van der Waals surface area (Å²) in [6.07, 6.45) is 1.16. The third-order valence-corrected chi connectivity index (χ3v) is 4.62. The number of aromatic nitrogens is 2. The topological polar surface area (TPSA) is 71.4 Å². The molecule has 1 unspecified atom stereocenters. The molecular formula is C13H19N5OS. The first kappa shape index (κ1) is 13.5. The largest absolute Gasteiger partial charge is 0.397 e. The van der Waals surface area contributed by atoms with Crippen LogP contribution in [0.4, 0.5) is 5.69 Å². The van der Waals surface area contributed by atoms with Crippen molar-refractivity contribution in [3.8, 4) is 10.8 Å². The molecule has 0 aromatic carbocycles. The van der Waals surface area contributed by atoms with Gasteiger partial charge in [0, 0.05) is 6.54 Å². The van der Waals surface area contributed by atoms with Gasteiger partial charge in [0.15, 0.2) is 5.82 Å². The van der Waals surface area contributed by atoms with E-state index in [1.165, 1.54) is 11.3 Å². The van der Waals surface area contributed by atoms with Gasteiger partial charge in [0.05, 0.1) is 11.7 Å². The second kappa shape index (κ2) is 5.51. The quantitative estimate of drug-likeness (QED) is 0.908. The Hall–Kier alpha value is -1.44. The summed E-state index contributed by atoms with van der Waals surface area (Å²) in [4.78, 5) is 10.00. The smallest absolute Gasteiger partial charge is 0.270 e. The first-order chi connectivity index (χ1) is 9.65. The molecule has 1 aliphatic heterocycles. The summed E-state index contributed by atoms with van der Waals surface area (Å²) in [7, 11) is 4.24. The average Bonchev–Trinajstić information content (AvgIpc) is 3.00. The van der Waals surface area contributed by atoms with E-state index in [0.717, 1.165) is 36.8 Å². The summed E-state index contributed by atoms with van der Waals surface area (Å²) in [6, 6.07) is 2.02. The van der Waals surface area contributed by atoms with Crippen LogP contribution in [-0.4, -0.2) is 53.7 Å². The number of nitrogens with zero attached hydrogens (tertiary/aromatic N) is 4. The number of nitrogens with two attached hydrogens (primary N) is 1. The number of hydrogen-bond acceptors (Lipinski definition) is 7. The van der Waals surface area contributed by atoms with Gasteiger partial charge in [0.1, 0.15) is 4.88 Å². The summed E-state index contributed by atoms with van der Waals surface area (Å²) in [5, 5.41) is 6.09. The zero-order chi connectivity index (χ0) is 14.1. The lowest BCUT2D eigenvalue weighted by Gasteiger charge is -2.24. The van der Waals surface area contributed by atoms with Gasteiger partial charge in [-0.05, 0) is 45.1 Å². The third-order valence-electron chi connectivity index (χ3n) is 3.70. The van der Waals surface area contributed by atoms with E-state index < -0.39 is 0 Å². The van der Waals surface area contributed by atoms with Gasteiger partial charge in [-0.2, -0.15) is 4.98 Å². The van der Waals surface area contributed by atoms with Crippen LogP contribution in [0.2, 0.25) is 0 Å². The van der Waals surface area contributed by atoms with Crippen LogP contribution in [0.1, 0.15) is 18.3 Å². The molecule has 1 aliphatic rings. The van der Waals surface area contributed by atoms with Gasteiger partial charge in [-0.25, -0.2) is 0 Å². The van der Waals surface area contributed by atoms with Crippen LogP contribution in [0.5, 0.6) is 0 Å². The molecule has 0 amide bonds. The Balaban J connectivity index is 1.87. The van der Waals surface area contributed by atoms with E-state index in [0.29, 0.717) is 11.6 Å². The van der Waals surface area contributed by atoms with Crippen LogP contribution < -0.4 is 5.73 Å². The highest BCUT2D eigenvalue weighted by atomic mass is 32.1. The Morgan fingerprint density at radius 3 is 3.00 bits per heavy atom. The molecule has 1 atom stereocenters. The van der Waals surface area contributed by atoms with Crippen molar-refractivity contribution in [1.82, 2.24) is 19.9 Å². The first-order valence-electron chi connectivity index (χ1n) is 6.71. The van der Waals surface area contributed by atoms with Crippen LogP contribution in [0.3, 0.4) is 0 Å². The predicted octanol–water partition coefficient (Wildman–Crippen LogP) is 1.69. The summed E-state index contributed by atoms with van der Waals surface area (Å²) in [5.74, 6) is 1.26. The van der Waals surface area contributed by atoms with Crippen molar-refractivity contribution < 1.29 is 4.52 Å². The van der Waals surface area contributed by atoms with E-state index in [2.05, 4.69) is 34.0 Å². The molecule has 0 spiro atoms. The van der Waals surface area contributed by atoms with Gasteiger partial charge in [0.2, 0.25) is 0 Å². The Morgan fingerprint density at radius 2 is 2.25 bits per heavy atom. The molecule has 0 bridgehead atoms. The van der Waals surface area contributed by atoms with Gasteiger partial charge in [-0.1, -0.05) is 5.16 Å². The van der Waals surface area contributed by atoms with Crippen LogP contribution in [0, 0.1) is 0 Å². The fraction of sp³-hybridized carbons (Fsp3) is 0.538. The minimum atomic E-state index is 0.168. The van der Waals surface area contributed by atoms with Crippen LogP contribution in [-0.2, 0) is 0 Å². The molecule has 1 fully saturated rings. The van der Waals surface area contributed by atoms with Crippen molar-refractivity contribution in [2.45, 2.75) is 12.5 Å². The molecule has 0 aliphatic carbocycles. The number of likely N-dealkylation sites (N-methyl/N-ethyl adjacent to an activating group) is 2. The molecule has 20 heavy (non-hydrogen) atoms. The molecular weight excluding hydrogens is 274 g/mol. The lowest BCUT2D eigenvalue weighted by molar-refractivity contribution is 0.215. The number of rotatable bonds is 2. The molecule has 7 heteroatoms. The molecule has 108 valence electrons. The Bertz CT molecular complexity index is 581. The van der Waals surface area contributed by atoms with Gasteiger partial charge >= 0.3 is 0 Å². The summed E-state index contributed by atoms with van der Waals surface area (Å²) < 4.78 is 5.39. The Labute approximate surface area is 122 Å². The van der Waals surface area contributed by atoms with Gasteiger partial charge in [-0.3, -0.25) is 4.90 Å². The first-order valence-corrected chi connectivity index (χ1v) is 7.59. The van der Waals surface area contributed by atoms with Gasteiger partial charge in [0.25, 0.3) is 5.89 Å². The number of nitrogen functional groups attached to an aromatic ring is 1. The normalized spacial score (nSPS) is 22.0. The molecule has 3 heterocycles. The Kier molecular flexibility index (Phi) is 3.73. The zero-order valence-electron chi connectivity index (χ0n) is 11.7. The van der Waals surface area contributed by atoms with Crippen LogP contribution in [0.25, 0.3) is 10.8 Å². The highest BCUT2D eigenvalue weighted by molar-refractivity contribution is 7.14. The van der Waals surface area contributed by atoms with Crippen LogP contribution >= 0.6 is 11.3 Å². The molecule has 3 rings (SSSR count). The van der Waals surface area contributed by atoms with Crippen molar-refractivity contribution in [2.24, 2.45) is 0 Å². The van der Waals surface area contributed by atoms with Crippen molar-refractivity contribution in [2.75, 3.05) is 39.5 Å². The van der Waals surface area contributed by atoms with Crippen LogP contribution in [0.15, 0.2) is 16.0 Å². The summed E-state index contributed by atoms with van der Waals surface area (Å²) in [6.45, 7) is 3.05. The lowest BCUT2D eigenvalue weighted by atomic mass is 10.2. The summed E-state index contributed by atoms with van der Waals surface area (Å²) in [5.41, 5.74) is 6.59. The molecule has 2 aromatic rings. The second-order valence-corrected chi connectivity index (χ2v) is 6.19. The maximum Gasteiger partial charge on any atom is 0.270 e. The molecule has 6 nitrogen and oxygen atoms in total. The van der Waals surface area contributed by atoms with E-state index in [1.54, 1.807) is 0 Å². The molecule has 1 saturated heterocycles. The highest BCUT2D eigenvalue weighted by Crippen LogP contribution is 2.31. The SMILES string of the molecule is CN1CCCN(C)C(c2noc(-c3sccc3N)n2)C1. The fourth-order valence-electron chi connectivity index (χ4n) is 2.51. The number of hydrogen-bond donors (Lipinski definition) is 1. The van der Waals surface area contributed by atoms with Crippen molar-refractivity contribution >= 4 is 17.0 Å². The molecule has 2 N–H and O–H groups in total. The second-order valence-electron chi connectivity index (χ2n) is 5.27. The van der Waals surface area contributed by atoms with Crippen molar-refractivity contribution in [1.29, 1.82) is 0 Å². The fourth-order valence-corrected chi connectivity index (χ4v) is 3.24. The van der Waals surface area contributed by atoms with Gasteiger partial charge in [-0.15, -0.1) is 11.3 Å². The van der Waals surface area contributed by atoms with E-state index in [1.807, 2.05) is 11.4 Å². The van der Waals surface area contributed by atoms with Crippen molar-refractivity contribution in [3.63, 3.8) is 0 Å². The average molecular weight is 293 g/mol. The molecule has 0 radical (unpaired) electrons.